The number of fused-ring (bicyclic) bond motifs is 1. The Hall–Kier alpha value is -2.15. The lowest BCUT2D eigenvalue weighted by Gasteiger charge is -2.35. The fraction of sp³-hybridized carbons (Fsp3) is 0.520. The zero-order valence-corrected chi connectivity index (χ0v) is 19.4. The van der Waals surface area contributed by atoms with Crippen molar-refractivity contribution in [3.8, 4) is 17.3 Å². The van der Waals surface area contributed by atoms with Gasteiger partial charge in [0.2, 0.25) is 0 Å². The van der Waals surface area contributed by atoms with Crippen LogP contribution in [-0.2, 0) is 5.41 Å². The van der Waals surface area contributed by atoms with E-state index in [-0.39, 0.29) is 6.10 Å². The summed E-state index contributed by atoms with van der Waals surface area (Å²) >= 11 is 6.61. The lowest BCUT2D eigenvalue weighted by Crippen LogP contribution is -2.47. The van der Waals surface area contributed by atoms with E-state index < -0.39 is 0 Å². The van der Waals surface area contributed by atoms with Crippen molar-refractivity contribution in [3.63, 3.8) is 0 Å². The van der Waals surface area contributed by atoms with Gasteiger partial charge in [0, 0.05) is 43.7 Å². The van der Waals surface area contributed by atoms with Gasteiger partial charge in [-0.15, -0.1) is 0 Å². The van der Waals surface area contributed by atoms with Crippen molar-refractivity contribution < 1.29 is 4.74 Å². The molecule has 0 bridgehead atoms. The Morgan fingerprint density at radius 3 is 2.50 bits per heavy atom. The van der Waals surface area contributed by atoms with Crippen molar-refractivity contribution in [3.05, 3.63) is 40.9 Å². The van der Waals surface area contributed by atoms with E-state index >= 15 is 0 Å². The first-order chi connectivity index (χ1) is 15.6. The van der Waals surface area contributed by atoms with Crippen molar-refractivity contribution >= 4 is 22.8 Å². The molecule has 0 atom stereocenters. The lowest BCUT2D eigenvalue weighted by atomic mass is 9.93. The molecular weight excluding hydrogens is 422 g/mol. The number of piperazine rings is 1. The zero-order chi connectivity index (χ0) is 21.7. The molecule has 0 spiro atoms. The predicted molar refractivity (Wildman–Crippen MR) is 127 cm³/mol. The number of aromatic amines is 1. The molecule has 3 heterocycles. The van der Waals surface area contributed by atoms with Crippen LogP contribution in [0.4, 0.5) is 0 Å². The standard InChI is InChI=1S/C25H30ClN5O/c1-30-11-13-31(14-12-30)16-25(9-10-25)18-7-5-17(6-8-18)22-20(26)15-21-23(28-22)29-24(27-21)32-19-3-2-4-19/h5-8,15,19H,2-4,9-14,16H2,1H3,(H,27,28,29). The molecule has 1 aliphatic heterocycles. The van der Waals surface area contributed by atoms with Gasteiger partial charge in [-0.2, -0.15) is 4.98 Å². The molecule has 3 aromatic rings. The first-order valence-corrected chi connectivity index (χ1v) is 12.2. The number of benzene rings is 1. The number of nitrogens with one attached hydrogen (secondary N) is 1. The maximum atomic E-state index is 6.61. The number of ether oxygens (including phenoxy) is 1. The van der Waals surface area contributed by atoms with E-state index in [9.17, 15) is 0 Å². The smallest absolute Gasteiger partial charge is 0.296 e. The average Bonchev–Trinajstić information content (AvgIpc) is 3.44. The molecule has 2 saturated carbocycles. The van der Waals surface area contributed by atoms with Gasteiger partial charge in [0.05, 0.1) is 16.2 Å². The summed E-state index contributed by atoms with van der Waals surface area (Å²) in [5.41, 5.74) is 5.03. The molecule has 7 heteroatoms. The number of hydrogen-bond acceptors (Lipinski definition) is 5. The molecule has 32 heavy (non-hydrogen) atoms. The molecule has 2 aliphatic carbocycles. The number of H-pyrrole nitrogens is 1. The number of pyridine rings is 1. The van der Waals surface area contributed by atoms with Gasteiger partial charge < -0.3 is 14.6 Å². The van der Waals surface area contributed by atoms with Crippen LogP contribution in [0.25, 0.3) is 22.4 Å². The summed E-state index contributed by atoms with van der Waals surface area (Å²) in [4.78, 5) is 17.6. The minimum Gasteiger partial charge on any atom is -0.461 e. The van der Waals surface area contributed by atoms with Crippen LogP contribution in [0.5, 0.6) is 6.01 Å². The number of likely N-dealkylation sites (N-methyl/N-ethyl adjacent to an activating group) is 1. The third-order valence-electron chi connectivity index (χ3n) is 7.48. The number of rotatable bonds is 6. The van der Waals surface area contributed by atoms with E-state index in [1.54, 1.807) is 0 Å². The molecule has 168 valence electrons. The summed E-state index contributed by atoms with van der Waals surface area (Å²) < 4.78 is 5.89. The zero-order valence-electron chi connectivity index (χ0n) is 18.6. The number of nitrogens with zero attached hydrogens (tertiary/aromatic N) is 4. The minimum absolute atomic E-state index is 0.277. The van der Waals surface area contributed by atoms with Crippen LogP contribution in [-0.4, -0.2) is 70.6 Å². The summed E-state index contributed by atoms with van der Waals surface area (Å²) in [6, 6.07) is 11.3. The van der Waals surface area contributed by atoms with Crippen LogP contribution in [0.3, 0.4) is 0 Å². The third-order valence-corrected chi connectivity index (χ3v) is 7.77. The van der Waals surface area contributed by atoms with Crippen molar-refractivity contribution in [2.75, 3.05) is 39.8 Å². The minimum atomic E-state index is 0.277. The summed E-state index contributed by atoms with van der Waals surface area (Å²) in [7, 11) is 2.21. The third kappa shape index (κ3) is 3.89. The van der Waals surface area contributed by atoms with Crippen molar-refractivity contribution in [2.45, 2.75) is 43.6 Å². The lowest BCUT2D eigenvalue weighted by molar-refractivity contribution is 0.110. The highest BCUT2D eigenvalue weighted by molar-refractivity contribution is 6.33. The summed E-state index contributed by atoms with van der Waals surface area (Å²) in [6.45, 7) is 5.85. The van der Waals surface area contributed by atoms with Crippen LogP contribution >= 0.6 is 11.6 Å². The predicted octanol–water partition coefficient (Wildman–Crippen LogP) is 4.49. The second-order valence-electron chi connectivity index (χ2n) is 9.84. The Morgan fingerprint density at radius 1 is 1.09 bits per heavy atom. The van der Waals surface area contributed by atoms with Gasteiger partial charge in [-0.05, 0) is 50.8 Å². The van der Waals surface area contributed by atoms with Crippen LogP contribution < -0.4 is 4.74 Å². The monoisotopic (exact) mass is 451 g/mol. The number of hydrogen-bond donors (Lipinski definition) is 1. The second-order valence-corrected chi connectivity index (χ2v) is 10.2. The van der Waals surface area contributed by atoms with E-state index in [4.69, 9.17) is 21.3 Å². The van der Waals surface area contributed by atoms with Gasteiger partial charge in [0.15, 0.2) is 5.65 Å². The molecule has 6 nitrogen and oxygen atoms in total. The molecule has 1 saturated heterocycles. The SMILES string of the molecule is CN1CCN(CC2(c3ccc(-c4nc5nc(OC6CCC6)[nH]c5cc4Cl)cc3)CC2)CC1. The van der Waals surface area contributed by atoms with Crippen molar-refractivity contribution in [1.82, 2.24) is 24.8 Å². The topological polar surface area (TPSA) is 57.3 Å². The fourth-order valence-corrected chi connectivity index (χ4v) is 5.17. The number of aromatic nitrogens is 3. The molecular formula is C25H30ClN5O. The van der Waals surface area contributed by atoms with Crippen LogP contribution in [0.2, 0.25) is 5.02 Å². The Kier molecular flexibility index (Phi) is 5.12. The molecule has 1 aromatic carbocycles. The fourth-order valence-electron chi connectivity index (χ4n) is 4.91. The molecule has 3 aliphatic rings. The van der Waals surface area contributed by atoms with E-state index in [2.05, 4.69) is 51.1 Å². The second kappa shape index (κ2) is 8.01. The molecule has 0 unspecified atom stereocenters. The highest BCUT2D eigenvalue weighted by Gasteiger charge is 2.45. The summed E-state index contributed by atoms with van der Waals surface area (Å²) in [6.07, 6.45) is 6.25. The van der Waals surface area contributed by atoms with Gasteiger partial charge in [-0.25, -0.2) is 4.98 Å². The largest absolute Gasteiger partial charge is 0.461 e. The number of halogens is 1. The van der Waals surface area contributed by atoms with Crippen molar-refractivity contribution in [2.24, 2.45) is 0 Å². The van der Waals surface area contributed by atoms with E-state index in [0.717, 1.165) is 29.6 Å². The maximum absolute atomic E-state index is 6.61. The summed E-state index contributed by atoms with van der Waals surface area (Å²) in [5, 5.41) is 0.627. The summed E-state index contributed by atoms with van der Waals surface area (Å²) in [5.74, 6) is 0. The first-order valence-electron chi connectivity index (χ1n) is 11.8. The molecule has 6 rings (SSSR count). The van der Waals surface area contributed by atoms with Gasteiger partial charge in [0.25, 0.3) is 6.01 Å². The normalized spacial score (nSPS) is 21.6. The molecule has 0 amide bonds. The maximum Gasteiger partial charge on any atom is 0.296 e. The van der Waals surface area contributed by atoms with Crippen LogP contribution in [0, 0.1) is 0 Å². The van der Waals surface area contributed by atoms with Gasteiger partial charge in [-0.1, -0.05) is 35.9 Å². The van der Waals surface area contributed by atoms with E-state index in [1.165, 1.54) is 57.5 Å². The molecule has 0 radical (unpaired) electrons. The van der Waals surface area contributed by atoms with Crippen molar-refractivity contribution in [1.29, 1.82) is 0 Å². The Balaban J connectivity index is 1.21. The highest BCUT2D eigenvalue weighted by Crippen LogP contribution is 2.49. The van der Waals surface area contributed by atoms with Crippen LogP contribution in [0.15, 0.2) is 30.3 Å². The Labute approximate surface area is 193 Å². The highest BCUT2D eigenvalue weighted by atomic mass is 35.5. The van der Waals surface area contributed by atoms with Crippen LogP contribution in [0.1, 0.15) is 37.7 Å². The van der Waals surface area contributed by atoms with Gasteiger partial charge >= 0.3 is 0 Å². The quantitative estimate of drug-likeness (QED) is 0.598. The Morgan fingerprint density at radius 2 is 1.84 bits per heavy atom. The molecule has 2 aromatic heterocycles. The number of imidazole rings is 1. The molecule has 1 N–H and O–H groups in total. The first kappa shape index (κ1) is 20.5. The van der Waals surface area contributed by atoms with Gasteiger partial charge in [-0.3, -0.25) is 4.90 Å². The average molecular weight is 452 g/mol. The van der Waals surface area contributed by atoms with Gasteiger partial charge in [0.1, 0.15) is 6.10 Å². The molecule has 3 fully saturated rings. The van der Waals surface area contributed by atoms with E-state index in [1.807, 2.05) is 6.07 Å². The van der Waals surface area contributed by atoms with E-state index in [0.29, 0.717) is 22.1 Å². The Bertz CT molecular complexity index is 1110.